The minimum absolute atomic E-state index is 0.0823. The van der Waals surface area contributed by atoms with Gasteiger partial charge in [-0.1, -0.05) is 18.2 Å². The van der Waals surface area contributed by atoms with Gasteiger partial charge < -0.3 is 14.4 Å². The molecule has 1 atom stereocenters. The first-order valence-corrected chi connectivity index (χ1v) is 7.83. The number of hydrogen-bond acceptors (Lipinski definition) is 3. The van der Waals surface area contributed by atoms with Crippen LogP contribution in [-0.4, -0.2) is 43.2 Å². The molecule has 2 aliphatic heterocycles. The summed E-state index contributed by atoms with van der Waals surface area (Å²) >= 11 is 0. The Hall–Kier alpha value is -1.55. The predicted molar refractivity (Wildman–Crippen MR) is 80.3 cm³/mol. The van der Waals surface area contributed by atoms with E-state index >= 15 is 0 Å². The van der Waals surface area contributed by atoms with E-state index in [1.807, 2.05) is 23.1 Å². The number of amides is 1. The Balaban J connectivity index is 1.51. The second-order valence-electron chi connectivity index (χ2n) is 5.97. The van der Waals surface area contributed by atoms with Crippen molar-refractivity contribution in [2.45, 2.75) is 32.3 Å². The number of ether oxygens (including phenoxy) is 2. The largest absolute Gasteiger partial charge is 0.490 e. The van der Waals surface area contributed by atoms with Crippen molar-refractivity contribution in [3.63, 3.8) is 0 Å². The van der Waals surface area contributed by atoms with Crippen LogP contribution in [0, 0.1) is 12.8 Å². The van der Waals surface area contributed by atoms with Crippen LogP contribution in [0.25, 0.3) is 0 Å². The summed E-state index contributed by atoms with van der Waals surface area (Å²) in [6.45, 7) is 4.98. The Kier molecular flexibility index (Phi) is 4.44. The molecule has 0 spiro atoms. The Morgan fingerprint density at radius 3 is 2.67 bits per heavy atom. The van der Waals surface area contributed by atoms with Crippen LogP contribution in [0.5, 0.6) is 5.75 Å². The van der Waals surface area contributed by atoms with E-state index in [0.29, 0.717) is 6.61 Å². The van der Waals surface area contributed by atoms with Crippen LogP contribution in [0.4, 0.5) is 0 Å². The summed E-state index contributed by atoms with van der Waals surface area (Å²) in [5, 5.41) is 0. The normalized spacial score (nSPS) is 23.3. The number of nitrogens with zero attached hydrogens (tertiary/aromatic N) is 1. The molecule has 4 heteroatoms. The van der Waals surface area contributed by atoms with Crippen molar-refractivity contribution in [2.75, 3.05) is 26.3 Å². The third kappa shape index (κ3) is 3.38. The highest BCUT2D eigenvalue weighted by atomic mass is 16.5. The monoisotopic (exact) mass is 289 g/mol. The molecule has 1 aromatic rings. The van der Waals surface area contributed by atoms with E-state index in [4.69, 9.17) is 9.47 Å². The number of para-hydroxylation sites is 1. The Morgan fingerprint density at radius 1 is 1.24 bits per heavy atom. The topological polar surface area (TPSA) is 38.8 Å². The van der Waals surface area contributed by atoms with Gasteiger partial charge in [0.05, 0.1) is 12.5 Å². The van der Waals surface area contributed by atoms with Gasteiger partial charge in [-0.25, -0.2) is 0 Å². The van der Waals surface area contributed by atoms with Crippen LogP contribution >= 0.6 is 0 Å². The summed E-state index contributed by atoms with van der Waals surface area (Å²) in [5.74, 6) is 1.31. The van der Waals surface area contributed by atoms with Crippen LogP contribution in [0.1, 0.15) is 24.8 Å². The highest BCUT2D eigenvalue weighted by Gasteiger charge is 2.31. The van der Waals surface area contributed by atoms with Crippen molar-refractivity contribution >= 4 is 5.91 Å². The van der Waals surface area contributed by atoms with Crippen LogP contribution in [0.15, 0.2) is 24.3 Å². The minimum atomic E-state index is 0.0823. The first kappa shape index (κ1) is 14.4. The SMILES string of the molecule is Cc1ccccc1OC1CCN(C(=O)[C@@H]2CCOC2)CC1. The maximum absolute atomic E-state index is 12.3. The van der Waals surface area contributed by atoms with Crippen molar-refractivity contribution in [3.05, 3.63) is 29.8 Å². The lowest BCUT2D eigenvalue weighted by molar-refractivity contribution is -0.137. The highest BCUT2D eigenvalue weighted by Crippen LogP contribution is 2.24. The molecule has 0 N–H and O–H groups in total. The summed E-state index contributed by atoms with van der Waals surface area (Å²) in [4.78, 5) is 14.3. The molecule has 1 aromatic carbocycles. The fraction of sp³-hybridized carbons (Fsp3) is 0.588. The molecule has 114 valence electrons. The maximum atomic E-state index is 12.3. The lowest BCUT2D eigenvalue weighted by atomic mass is 10.0. The smallest absolute Gasteiger partial charge is 0.228 e. The van der Waals surface area contributed by atoms with Crippen molar-refractivity contribution < 1.29 is 14.3 Å². The molecule has 0 bridgehead atoms. The molecule has 0 saturated carbocycles. The molecule has 2 aliphatic rings. The van der Waals surface area contributed by atoms with Gasteiger partial charge in [-0.2, -0.15) is 0 Å². The fourth-order valence-electron chi connectivity index (χ4n) is 3.05. The Morgan fingerprint density at radius 2 is 2.00 bits per heavy atom. The number of aryl methyl sites for hydroxylation is 1. The summed E-state index contributed by atoms with van der Waals surface area (Å²) < 4.78 is 11.4. The molecule has 2 heterocycles. The van der Waals surface area contributed by atoms with Crippen LogP contribution in [0.2, 0.25) is 0 Å². The number of carbonyl (C=O) groups excluding carboxylic acids is 1. The van der Waals surface area contributed by atoms with E-state index < -0.39 is 0 Å². The fourth-order valence-corrected chi connectivity index (χ4v) is 3.05. The van der Waals surface area contributed by atoms with Gasteiger partial charge in [-0.15, -0.1) is 0 Å². The molecule has 0 unspecified atom stereocenters. The average Bonchev–Trinajstić information content (AvgIpc) is 3.04. The first-order chi connectivity index (χ1) is 10.2. The highest BCUT2D eigenvalue weighted by molar-refractivity contribution is 5.79. The van der Waals surface area contributed by atoms with Gasteiger partial charge >= 0.3 is 0 Å². The number of benzene rings is 1. The van der Waals surface area contributed by atoms with E-state index in [1.54, 1.807) is 0 Å². The van der Waals surface area contributed by atoms with E-state index in [2.05, 4.69) is 13.0 Å². The summed E-state index contributed by atoms with van der Waals surface area (Å²) in [7, 11) is 0. The molecule has 3 rings (SSSR count). The summed E-state index contributed by atoms with van der Waals surface area (Å²) in [6.07, 6.45) is 2.91. The molecule has 2 saturated heterocycles. The summed E-state index contributed by atoms with van der Waals surface area (Å²) in [6, 6.07) is 8.10. The third-order valence-electron chi connectivity index (χ3n) is 4.42. The molecule has 0 aliphatic carbocycles. The number of piperidine rings is 1. The lowest BCUT2D eigenvalue weighted by Crippen LogP contribution is -2.44. The van der Waals surface area contributed by atoms with Gasteiger partial charge in [-0.05, 0) is 25.0 Å². The molecule has 2 fully saturated rings. The van der Waals surface area contributed by atoms with Crippen LogP contribution < -0.4 is 4.74 Å². The minimum Gasteiger partial charge on any atom is -0.490 e. The Labute approximate surface area is 126 Å². The average molecular weight is 289 g/mol. The Bertz CT molecular complexity index is 489. The quantitative estimate of drug-likeness (QED) is 0.857. The molecule has 21 heavy (non-hydrogen) atoms. The van der Waals surface area contributed by atoms with Crippen LogP contribution in [0.3, 0.4) is 0 Å². The molecule has 0 radical (unpaired) electrons. The molecular weight excluding hydrogens is 266 g/mol. The second kappa shape index (κ2) is 6.48. The van der Waals surface area contributed by atoms with Crippen molar-refractivity contribution in [1.29, 1.82) is 0 Å². The predicted octanol–water partition coefficient (Wildman–Crippen LogP) is 2.40. The van der Waals surface area contributed by atoms with E-state index in [0.717, 1.165) is 44.7 Å². The maximum Gasteiger partial charge on any atom is 0.228 e. The zero-order chi connectivity index (χ0) is 14.7. The van der Waals surface area contributed by atoms with Gasteiger partial charge in [0.2, 0.25) is 5.91 Å². The number of likely N-dealkylation sites (tertiary alicyclic amines) is 1. The molecule has 0 aromatic heterocycles. The van der Waals surface area contributed by atoms with Crippen molar-refractivity contribution in [2.24, 2.45) is 5.92 Å². The molecule has 1 amide bonds. The standard InChI is InChI=1S/C17H23NO3/c1-13-4-2-3-5-16(13)21-15-6-9-18(10-7-15)17(19)14-8-11-20-12-14/h2-5,14-15H,6-12H2,1H3/t14-/m1/s1. The van der Waals surface area contributed by atoms with Crippen LogP contribution in [-0.2, 0) is 9.53 Å². The third-order valence-corrected chi connectivity index (χ3v) is 4.42. The van der Waals surface area contributed by atoms with E-state index in [1.165, 1.54) is 5.56 Å². The van der Waals surface area contributed by atoms with Gasteiger partial charge in [0.15, 0.2) is 0 Å². The number of carbonyl (C=O) groups is 1. The van der Waals surface area contributed by atoms with Gasteiger partial charge in [-0.3, -0.25) is 4.79 Å². The zero-order valence-electron chi connectivity index (χ0n) is 12.6. The zero-order valence-corrected chi connectivity index (χ0v) is 12.6. The molecular formula is C17H23NO3. The second-order valence-corrected chi connectivity index (χ2v) is 5.97. The van der Waals surface area contributed by atoms with Gasteiger partial charge in [0.1, 0.15) is 11.9 Å². The van der Waals surface area contributed by atoms with Gasteiger partial charge in [0, 0.05) is 32.5 Å². The molecule has 4 nitrogen and oxygen atoms in total. The van der Waals surface area contributed by atoms with E-state index in [-0.39, 0.29) is 17.9 Å². The van der Waals surface area contributed by atoms with Crippen molar-refractivity contribution in [1.82, 2.24) is 4.90 Å². The van der Waals surface area contributed by atoms with E-state index in [9.17, 15) is 4.79 Å². The number of rotatable bonds is 3. The van der Waals surface area contributed by atoms with Crippen molar-refractivity contribution in [3.8, 4) is 5.75 Å². The van der Waals surface area contributed by atoms with Gasteiger partial charge in [0.25, 0.3) is 0 Å². The lowest BCUT2D eigenvalue weighted by Gasteiger charge is -2.33. The number of hydrogen-bond donors (Lipinski definition) is 0. The summed E-state index contributed by atoms with van der Waals surface area (Å²) in [5.41, 5.74) is 1.17. The first-order valence-electron chi connectivity index (χ1n) is 7.83.